The van der Waals surface area contributed by atoms with E-state index in [9.17, 15) is 15.2 Å². The van der Waals surface area contributed by atoms with Crippen LogP contribution in [0.3, 0.4) is 0 Å². The summed E-state index contributed by atoms with van der Waals surface area (Å²) in [5, 5.41) is 21.2. The molecule has 2 unspecified atom stereocenters. The molecule has 3 aromatic rings. The van der Waals surface area contributed by atoms with Crippen LogP contribution < -0.4 is 0 Å². The van der Waals surface area contributed by atoms with Crippen LogP contribution in [0.15, 0.2) is 72.8 Å². The number of nitrogens with zero attached hydrogens (tertiary/aromatic N) is 2. The highest BCUT2D eigenvalue weighted by Crippen LogP contribution is 2.50. The van der Waals surface area contributed by atoms with Gasteiger partial charge in [-0.15, -0.1) is 0 Å². The molecule has 3 aromatic carbocycles. The zero-order valence-corrected chi connectivity index (χ0v) is 20.8. The molecule has 5 nitrogen and oxygen atoms in total. The van der Waals surface area contributed by atoms with Gasteiger partial charge in [0.25, 0.3) is 0 Å². The number of fused-ring (bicyclic) bond motifs is 5. The van der Waals surface area contributed by atoms with Crippen molar-refractivity contribution < 1.29 is 14.6 Å². The van der Waals surface area contributed by atoms with E-state index in [4.69, 9.17) is 4.74 Å². The van der Waals surface area contributed by atoms with Crippen molar-refractivity contribution in [2.24, 2.45) is 0 Å². The molecule has 3 fully saturated rings. The lowest BCUT2D eigenvalue weighted by Gasteiger charge is -2.43. The molecule has 2 heterocycles. The van der Waals surface area contributed by atoms with Crippen molar-refractivity contribution in [3.05, 3.63) is 95.1 Å². The van der Waals surface area contributed by atoms with Gasteiger partial charge in [-0.2, -0.15) is 5.26 Å². The Hall–Kier alpha value is -3.62. The van der Waals surface area contributed by atoms with Crippen molar-refractivity contribution in [2.75, 3.05) is 6.61 Å². The number of piperidine rings is 1. The van der Waals surface area contributed by atoms with E-state index in [0.29, 0.717) is 19.4 Å². The average molecular weight is 491 g/mol. The van der Waals surface area contributed by atoms with Gasteiger partial charge >= 0.3 is 6.09 Å². The van der Waals surface area contributed by atoms with Gasteiger partial charge in [-0.3, -0.25) is 0 Å². The third-order valence-electron chi connectivity index (χ3n) is 9.25. The van der Waals surface area contributed by atoms with E-state index in [0.717, 1.165) is 36.8 Å². The molecule has 0 aromatic heterocycles. The fourth-order valence-corrected chi connectivity index (χ4v) is 7.12. The molecule has 2 bridgehead atoms. The number of hydrogen-bond donors (Lipinski definition) is 1. The van der Waals surface area contributed by atoms with E-state index in [-0.39, 0.29) is 29.5 Å². The minimum Gasteiger partial charge on any atom is -0.448 e. The van der Waals surface area contributed by atoms with Gasteiger partial charge in [0.15, 0.2) is 0 Å². The van der Waals surface area contributed by atoms with Crippen molar-refractivity contribution >= 4 is 6.09 Å². The minimum atomic E-state index is -0.964. The smallest absolute Gasteiger partial charge is 0.410 e. The predicted octanol–water partition coefficient (Wildman–Crippen LogP) is 6.01. The number of benzene rings is 3. The second-order valence-corrected chi connectivity index (χ2v) is 11.3. The van der Waals surface area contributed by atoms with Crippen molar-refractivity contribution in [1.29, 1.82) is 5.26 Å². The zero-order chi connectivity index (χ0) is 25.2. The average Bonchev–Trinajstić information content (AvgIpc) is 3.60. The third-order valence-corrected chi connectivity index (χ3v) is 9.25. The number of ether oxygens (including phenoxy) is 1. The predicted molar refractivity (Wildman–Crippen MR) is 140 cm³/mol. The molecule has 2 aliphatic heterocycles. The molecule has 0 radical (unpaired) electrons. The standard InChI is InChI=1S/C32H30N2O3/c33-20-31(15-16-31)21-9-11-22(12-10-21)32(36)17-23-13-14-24(18-32)34(23)30(35)37-19-29-27-7-3-1-5-25(27)26-6-2-4-8-28(26)29/h1-12,23-24,29,36H,13-19H2. The molecule has 2 saturated heterocycles. The first-order valence-electron chi connectivity index (χ1n) is 13.4. The van der Waals surface area contributed by atoms with Crippen LogP contribution in [0.1, 0.15) is 66.7 Å². The number of rotatable bonds is 4. The summed E-state index contributed by atoms with van der Waals surface area (Å²) >= 11 is 0. The van der Waals surface area contributed by atoms with Crippen LogP contribution in [0.5, 0.6) is 0 Å². The first-order valence-corrected chi connectivity index (χ1v) is 13.4. The highest BCUT2D eigenvalue weighted by Gasteiger charge is 2.51. The Morgan fingerprint density at radius 1 is 0.892 bits per heavy atom. The molecule has 37 heavy (non-hydrogen) atoms. The monoisotopic (exact) mass is 490 g/mol. The van der Waals surface area contributed by atoms with Crippen molar-refractivity contribution in [3.8, 4) is 17.2 Å². The van der Waals surface area contributed by atoms with E-state index < -0.39 is 5.60 Å². The fourth-order valence-electron chi connectivity index (χ4n) is 7.12. The third kappa shape index (κ3) is 3.50. The van der Waals surface area contributed by atoms with Crippen LogP contribution in [-0.2, 0) is 15.8 Å². The van der Waals surface area contributed by atoms with Gasteiger partial charge in [-0.1, -0.05) is 72.8 Å². The summed E-state index contributed by atoms with van der Waals surface area (Å²) in [6.07, 6.45) is 4.34. The van der Waals surface area contributed by atoms with Crippen molar-refractivity contribution in [3.63, 3.8) is 0 Å². The van der Waals surface area contributed by atoms with E-state index >= 15 is 0 Å². The topological polar surface area (TPSA) is 73.6 Å². The molecule has 7 rings (SSSR count). The van der Waals surface area contributed by atoms with Crippen LogP contribution in [0, 0.1) is 11.3 Å². The second-order valence-electron chi connectivity index (χ2n) is 11.3. The fraction of sp³-hybridized carbons (Fsp3) is 0.375. The number of aliphatic hydroxyl groups is 1. The Morgan fingerprint density at radius 3 is 1.97 bits per heavy atom. The van der Waals surface area contributed by atoms with Crippen LogP contribution in [-0.4, -0.2) is 34.8 Å². The molecule has 1 saturated carbocycles. The van der Waals surface area contributed by atoms with Gasteiger partial charge in [-0.25, -0.2) is 4.79 Å². The summed E-state index contributed by atoms with van der Waals surface area (Å²) in [5.41, 5.74) is 5.49. The van der Waals surface area contributed by atoms with Gasteiger partial charge in [0, 0.05) is 30.8 Å². The van der Waals surface area contributed by atoms with Gasteiger partial charge in [0.1, 0.15) is 6.61 Å². The normalized spacial score (nSPS) is 26.8. The van der Waals surface area contributed by atoms with E-state index in [2.05, 4.69) is 42.5 Å². The molecule has 1 N–H and O–H groups in total. The quantitative estimate of drug-likeness (QED) is 0.486. The first kappa shape index (κ1) is 22.6. The maximum atomic E-state index is 13.4. The molecular formula is C32H30N2O3. The Labute approximate surface area is 217 Å². The van der Waals surface area contributed by atoms with Gasteiger partial charge in [0.05, 0.1) is 17.1 Å². The Balaban J connectivity index is 1.06. The van der Waals surface area contributed by atoms with Crippen LogP contribution >= 0.6 is 0 Å². The molecule has 4 aliphatic rings. The lowest BCUT2D eigenvalue weighted by molar-refractivity contribution is -0.0531. The zero-order valence-electron chi connectivity index (χ0n) is 20.8. The number of hydrogen-bond acceptors (Lipinski definition) is 4. The maximum absolute atomic E-state index is 13.4. The lowest BCUT2D eigenvalue weighted by atomic mass is 9.80. The highest BCUT2D eigenvalue weighted by atomic mass is 16.6. The van der Waals surface area contributed by atoms with Crippen LogP contribution in [0.4, 0.5) is 4.79 Å². The van der Waals surface area contributed by atoms with Crippen molar-refractivity contribution in [2.45, 2.75) is 67.5 Å². The summed E-state index contributed by atoms with van der Waals surface area (Å²) in [6.45, 7) is 0.315. The number of nitriles is 1. The van der Waals surface area contributed by atoms with E-state index in [1.807, 2.05) is 41.3 Å². The summed E-state index contributed by atoms with van der Waals surface area (Å²) in [5.74, 6) is 0.0393. The van der Waals surface area contributed by atoms with E-state index in [1.54, 1.807) is 0 Å². The van der Waals surface area contributed by atoms with Crippen LogP contribution in [0.25, 0.3) is 11.1 Å². The molecule has 1 amide bonds. The maximum Gasteiger partial charge on any atom is 0.410 e. The molecule has 5 heteroatoms. The summed E-state index contributed by atoms with van der Waals surface area (Å²) < 4.78 is 5.98. The van der Waals surface area contributed by atoms with Gasteiger partial charge < -0.3 is 14.7 Å². The summed E-state index contributed by atoms with van der Waals surface area (Å²) in [7, 11) is 0. The Morgan fingerprint density at radius 2 is 1.43 bits per heavy atom. The number of amides is 1. The first-order chi connectivity index (χ1) is 18.0. The van der Waals surface area contributed by atoms with Gasteiger partial charge in [-0.05, 0) is 59.1 Å². The van der Waals surface area contributed by atoms with Gasteiger partial charge in [0.2, 0.25) is 0 Å². The van der Waals surface area contributed by atoms with Crippen molar-refractivity contribution in [1.82, 2.24) is 4.90 Å². The summed E-state index contributed by atoms with van der Waals surface area (Å²) in [4.78, 5) is 15.3. The molecule has 0 spiro atoms. The Bertz CT molecular complexity index is 1360. The molecule has 186 valence electrons. The minimum absolute atomic E-state index is 0.0343. The van der Waals surface area contributed by atoms with Crippen LogP contribution in [0.2, 0.25) is 0 Å². The number of carbonyl (C=O) groups is 1. The molecule has 2 atom stereocenters. The number of carbonyl (C=O) groups excluding carboxylic acids is 1. The second kappa shape index (κ2) is 8.19. The lowest BCUT2D eigenvalue weighted by Crippen LogP contribution is -2.52. The van der Waals surface area contributed by atoms with E-state index in [1.165, 1.54) is 22.3 Å². The Kier molecular flexibility index (Phi) is 5.00. The summed E-state index contributed by atoms with van der Waals surface area (Å²) in [6, 6.07) is 27.1. The molecule has 2 aliphatic carbocycles. The largest absolute Gasteiger partial charge is 0.448 e. The highest BCUT2D eigenvalue weighted by molar-refractivity contribution is 5.79. The molecular weight excluding hydrogens is 460 g/mol. The SMILES string of the molecule is N#CC1(c2ccc(C3(O)CC4CCC(C3)N4C(=O)OCC3c4ccccc4-c4ccccc43)cc2)CC1.